The van der Waals surface area contributed by atoms with Crippen molar-refractivity contribution in [3.05, 3.63) is 83.1 Å². The fraction of sp³-hybridized carbons (Fsp3) is 0.0526. The third-order valence-corrected chi connectivity index (χ3v) is 3.98. The van der Waals surface area contributed by atoms with Crippen LogP contribution in [0.5, 0.6) is 0 Å². The van der Waals surface area contributed by atoms with Gasteiger partial charge in [-0.15, -0.1) is 0 Å². The van der Waals surface area contributed by atoms with Gasteiger partial charge in [-0.3, -0.25) is 9.78 Å². The van der Waals surface area contributed by atoms with E-state index in [1.165, 1.54) is 6.20 Å². The Bertz CT molecular complexity index is 866. The lowest BCUT2D eigenvalue weighted by Crippen LogP contribution is -2.14. The molecule has 4 nitrogen and oxygen atoms in total. The molecule has 0 saturated carbocycles. The SMILES string of the molecule is O=C(Nc1cnccc1CO)c1cc(-c2ccccc2)ccc1Cl. The topological polar surface area (TPSA) is 62.2 Å². The van der Waals surface area contributed by atoms with Gasteiger partial charge in [0, 0.05) is 11.8 Å². The predicted octanol–water partition coefficient (Wildman–Crippen LogP) is 4.15. The van der Waals surface area contributed by atoms with Crippen LogP contribution >= 0.6 is 11.6 Å². The van der Waals surface area contributed by atoms with Gasteiger partial charge in [0.25, 0.3) is 5.91 Å². The molecule has 2 N–H and O–H groups in total. The molecule has 0 saturated heterocycles. The van der Waals surface area contributed by atoms with Crippen LogP contribution in [-0.2, 0) is 6.61 Å². The number of benzene rings is 2. The molecule has 0 aliphatic carbocycles. The lowest BCUT2D eigenvalue weighted by atomic mass is 10.0. The molecule has 0 unspecified atom stereocenters. The van der Waals surface area contributed by atoms with E-state index in [4.69, 9.17) is 11.6 Å². The maximum Gasteiger partial charge on any atom is 0.257 e. The summed E-state index contributed by atoms with van der Waals surface area (Å²) in [6.45, 7) is -0.185. The molecule has 1 aromatic heterocycles. The second kappa shape index (κ2) is 7.25. The van der Waals surface area contributed by atoms with Crippen LogP contribution in [0.1, 0.15) is 15.9 Å². The summed E-state index contributed by atoms with van der Waals surface area (Å²) in [7, 11) is 0. The van der Waals surface area contributed by atoms with E-state index < -0.39 is 0 Å². The zero-order valence-corrected chi connectivity index (χ0v) is 13.5. The monoisotopic (exact) mass is 338 g/mol. The molecule has 0 fully saturated rings. The third-order valence-electron chi connectivity index (χ3n) is 3.65. The Labute approximate surface area is 144 Å². The molecule has 0 atom stereocenters. The highest BCUT2D eigenvalue weighted by Gasteiger charge is 2.14. The molecule has 0 spiro atoms. The molecule has 120 valence electrons. The summed E-state index contributed by atoms with van der Waals surface area (Å²) < 4.78 is 0. The lowest BCUT2D eigenvalue weighted by molar-refractivity contribution is 0.102. The van der Waals surface area contributed by atoms with Crippen LogP contribution < -0.4 is 5.32 Å². The first kappa shape index (κ1) is 16.2. The fourth-order valence-corrected chi connectivity index (χ4v) is 2.58. The number of anilines is 1. The van der Waals surface area contributed by atoms with Crippen LogP contribution in [0, 0.1) is 0 Å². The van der Waals surface area contributed by atoms with Crippen LogP contribution in [-0.4, -0.2) is 16.0 Å². The van der Waals surface area contributed by atoms with E-state index in [1.807, 2.05) is 36.4 Å². The first-order chi connectivity index (χ1) is 11.7. The van der Waals surface area contributed by atoms with Gasteiger partial charge in [0.2, 0.25) is 0 Å². The molecule has 0 bridgehead atoms. The molecule has 1 heterocycles. The van der Waals surface area contributed by atoms with Gasteiger partial charge >= 0.3 is 0 Å². The molecule has 1 amide bonds. The Kier molecular flexibility index (Phi) is 4.89. The second-order valence-electron chi connectivity index (χ2n) is 5.21. The van der Waals surface area contributed by atoms with Crippen molar-refractivity contribution < 1.29 is 9.90 Å². The summed E-state index contributed by atoms with van der Waals surface area (Å²) in [5.41, 5.74) is 3.32. The summed E-state index contributed by atoms with van der Waals surface area (Å²) in [4.78, 5) is 16.6. The summed E-state index contributed by atoms with van der Waals surface area (Å²) >= 11 is 6.19. The Morgan fingerprint density at radius 3 is 2.62 bits per heavy atom. The molecule has 24 heavy (non-hydrogen) atoms. The Morgan fingerprint density at radius 1 is 1.08 bits per heavy atom. The van der Waals surface area contributed by atoms with Crippen molar-refractivity contribution >= 4 is 23.2 Å². The van der Waals surface area contributed by atoms with Gasteiger partial charge in [0.05, 0.1) is 29.1 Å². The Balaban J connectivity index is 1.92. The molecule has 0 aliphatic heterocycles. The summed E-state index contributed by atoms with van der Waals surface area (Å²) in [5, 5.41) is 12.5. The average Bonchev–Trinajstić information content (AvgIpc) is 2.63. The van der Waals surface area contributed by atoms with Gasteiger partial charge in [-0.25, -0.2) is 0 Å². The minimum Gasteiger partial charge on any atom is -0.392 e. The van der Waals surface area contributed by atoms with E-state index in [1.54, 1.807) is 24.4 Å². The summed E-state index contributed by atoms with van der Waals surface area (Å²) in [6, 6.07) is 16.7. The van der Waals surface area contributed by atoms with Crippen LogP contribution in [0.4, 0.5) is 5.69 Å². The minimum atomic E-state index is -0.347. The number of carbonyl (C=O) groups excluding carboxylic acids is 1. The van der Waals surface area contributed by atoms with Crippen LogP contribution in [0.3, 0.4) is 0 Å². The largest absolute Gasteiger partial charge is 0.392 e. The quantitative estimate of drug-likeness (QED) is 0.751. The average molecular weight is 339 g/mol. The smallest absolute Gasteiger partial charge is 0.257 e. The number of hydrogen-bond donors (Lipinski definition) is 2. The van der Waals surface area contributed by atoms with Crippen LogP contribution in [0.2, 0.25) is 5.02 Å². The highest BCUT2D eigenvalue weighted by molar-refractivity contribution is 6.34. The number of aromatic nitrogens is 1. The van der Waals surface area contributed by atoms with Crippen LogP contribution in [0.25, 0.3) is 11.1 Å². The maximum atomic E-state index is 12.6. The van der Waals surface area contributed by atoms with E-state index >= 15 is 0 Å². The van der Waals surface area contributed by atoms with Gasteiger partial charge in [-0.2, -0.15) is 0 Å². The van der Waals surface area contributed by atoms with Crippen molar-refractivity contribution in [2.45, 2.75) is 6.61 Å². The van der Waals surface area contributed by atoms with Crippen molar-refractivity contribution in [3.63, 3.8) is 0 Å². The number of rotatable bonds is 4. The first-order valence-electron chi connectivity index (χ1n) is 7.39. The van der Waals surface area contributed by atoms with E-state index in [9.17, 15) is 9.90 Å². The number of nitrogens with one attached hydrogen (secondary N) is 1. The Hall–Kier alpha value is -2.69. The normalized spacial score (nSPS) is 10.4. The number of hydrogen-bond acceptors (Lipinski definition) is 3. The summed E-state index contributed by atoms with van der Waals surface area (Å²) in [6.07, 6.45) is 3.06. The number of aliphatic hydroxyl groups excluding tert-OH is 1. The molecule has 3 rings (SSSR count). The van der Waals surface area contributed by atoms with Gasteiger partial charge < -0.3 is 10.4 Å². The molecule has 3 aromatic rings. The van der Waals surface area contributed by atoms with E-state index in [2.05, 4.69) is 10.3 Å². The van der Waals surface area contributed by atoms with E-state index in [0.29, 0.717) is 21.8 Å². The number of pyridine rings is 1. The fourth-order valence-electron chi connectivity index (χ4n) is 2.37. The number of carbonyl (C=O) groups is 1. The molecular formula is C19H15ClN2O2. The highest BCUT2D eigenvalue weighted by Crippen LogP contribution is 2.26. The lowest BCUT2D eigenvalue weighted by Gasteiger charge is -2.11. The number of amides is 1. The molecule has 5 heteroatoms. The van der Waals surface area contributed by atoms with Crippen molar-refractivity contribution in [2.75, 3.05) is 5.32 Å². The van der Waals surface area contributed by atoms with E-state index in [-0.39, 0.29) is 12.5 Å². The molecule has 2 aromatic carbocycles. The Morgan fingerprint density at radius 2 is 1.88 bits per heavy atom. The zero-order valence-electron chi connectivity index (χ0n) is 12.7. The number of aliphatic hydroxyl groups is 1. The molecule has 0 radical (unpaired) electrons. The minimum absolute atomic E-state index is 0.185. The van der Waals surface area contributed by atoms with Crippen LogP contribution in [0.15, 0.2) is 67.0 Å². The van der Waals surface area contributed by atoms with Crippen molar-refractivity contribution in [1.82, 2.24) is 4.98 Å². The second-order valence-corrected chi connectivity index (χ2v) is 5.61. The number of halogens is 1. The summed E-state index contributed by atoms with van der Waals surface area (Å²) in [5.74, 6) is -0.347. The highest BCUT2D eigenvalue weighted by atomic mass is 35.5. The van der Waals surface area contributed by atoms with E-state index in [0.717, 1.165) is 11.1 Å². The van der Waals surface area contributed by atoms with Crippen molar-refractivity contribution in [1.29, 1.82) is 0 Å². The maximum absolute atomic E-state index is 12.6. The van der Waals surface area contributed by atoms with Gasteiger partial charge in [0.1, 0.15) is 0 Å². The first-order valence-corrected chi connectivity index (χ1v) is 7.77. The van der Waals surface area contributed by atoms with Gasteiger partial charge in [0.15, 0.2) is 0 Å². The van der Waals surface area contributed by atoms with Crippen molar-refractivity contribution in [3.8, 4) is 11.1 Å². The number of nitrogens with zero attached hydrogens (tertiary/aromatic N) is 1. The molecule has 0 aliphatic rings. The van der Waals surface area contributed by atoms with Crippen molar-refractivity contribution in [2.24, 2.45) is 0 Å². The zero-order chi connectivity index (χ0) is 16.9. The predicted molar refractivity (Wildman–Crippen MR) is 95.0 cm³/mol. The standard InChI is InChI=1S/C19H15ClN2O2/c20-17-7-6-14(13-4-2-1-3-5-13)10-16(17)19(24)22-18-11-21-9-8-15(18)12-23/h1-11,23H,12H2,(H,22,24). The molecular weight excluding hydrogens is 324 g/mol. The third kappa shape index (κ3) is 3.45. The van der Waals surface area contributed by atoms with Gasteiger partial charge in [-0.05, 0) is 29.3 Å². The van der Waals surface area contributed by atoms with Gasteiger partial charge in [-0.1, -0.05) is 48.0 Å².